The second-order valence-corrected chi connectivity index (χ2v) is 7.25. The fourth-order valence-corrected chi connectivity index (χ4v) is 3.92. The number of thiazole rings is 1. The molecule has 0 aliphatic heterocycles. The summed E-state index contributed by atoms with van der Waals surface area (Å²) in [5.41, 5.74) is 1.82. The number of fused-ring (bicyclic) bond motifs is 1. The largest absolute Gasteiger partial charge is 0.497 e. The zero-order valence-corrected chi connectivity index (χ0v) is 16.5. The highest BCUT2D eigenvalue weighted by Gasteiger charge is 2.21. The maximum atomic E-state index is 13.3. The van der Waals surface area contributed by atoms with Crippen LogP contribution in [0.15, 0.2) is 60.9 Å². The van der Waals surface area contributed by atoms with Crippen molar-refractivity contribution in [2.75, 3.05) is 18.6 Å². The van der Waals surface area contributed by atoms with E-state index in [9.17, 15) is 4.79 Å². The number of aromatic nitrogens is 3. The van der Waals surface area contributed by atoms with Crippen molar-refractivity contribution >= 4 is 32.6 Å². The topological polar surface area (TPSA) is 84.0 Å². The lowest BCUT2D eigenvalue weighted by Gasteiger charge is -2.20. The predicted octanol–water partition coefficient (Wildman–Crippen LogP) is 3.72. The van der Waals surface area contributed by atoms with E-state index in [1.165, 1.54) is 11.3 Å². The van der Waals surface area contributed by atoms with Gasteiger partial charge in [-0.2, -0.15) is 10.4 Å². The lowest BCUT2D eigenvalue weighted by molar-refractivity contribution is 0.0986. The van der Waals surface area contributed by atoms with E-state index in [0.717, 1.165) is 16.0 Å². The van der Waals surface area contributed by atoms with Gasteiger partial charge in [0.25, 0.3) is 5.91 Å². The molecule has 8 heteroatoms. The first-order chi connectivity index (χ1) is 14.2. The molecule has 0 saturated heterocycles. The number of rotatable bonds is 6. The molecule has 0 spiro atoms. The Bertz CT molecular complexity index is 1180. The van der Waals surface area contributed by atoms with Gasteiger partial charge in [0.2, 0.25) is 0 Å². The summed E-state index contributed by atoms with van der Waals surface area (Å²) in [5.74, 6) is 0.571. The molecule has 0 aliphatic carbocycles. The SMILES string of the molecule is COc1ccc2nc(N(CCn3cccn3)C(=O)c3ccc(C#N)cc3)sc2c1. The Morgan fingerprint density at radius 3 is 2.79 bits per heavy atom. The van der Waals surface area contributed by atoms with Crippen LogP contribution < -0.4 is 9.64 Å². The first-order valence-corrected chi connectivity index (χ1v) is 9.73. The summed E-state index contributed by atoms with van der Waals surface area (Å²) in [6.07, 6.45) is 3.56. The Morgan fingerprint density at radius 1 is 1.28 bits per heavy atom. The Kier molecular flexibility index (Phi) is 5.22. The van der Waals surface area contributed by atoms with Crippen LogP contribution in [0.3, 0.4) is 0 Å². The van der Waals surface area contributed by atoms with Gasteiger partial charge < -0.3 is 4.74 Å². The monoisotopic (exact) mass is 403 g/mol. The van der Waals surface area contributed by atoms with E-state index < -0.39 is 0 Å². The van der Waals surface area contributed by atoms with Crippen LogP contribution in [0.25, 0.3) is 10.2 Å². The van der Waals surface area contributed by atoms with Gasteiger partial charge in [0.1, 0.15) is 5.75 Å². The Balaban J connectivity index is 1.68. The van der Waals surface area contributed by atoms with E-state index in [4.69, 9.17) is 10.00 Å². The minimum atomic E-state index is -0.173. The van der Waals surface area contributed by atoms with Crippen LogP contribution in [0.5, 0.6) is 5.75 Å². The van der Waals surface area contributed by atoms with E-state index in [1.54, 1.807) is 47.2 Å². The summed E-state index contributed by atoms with van der Waals surface area (Å²) in [7, 11) is 1.62. The number of nitrogens with zero attached hydrogens (tertiary/aromatic N) is 5. The van der Waals surface area contributed by atoms with Crippen molar-refractivity contribution in [3.8, 4) is 11.8 Å². The predicted molar refractivity (Wildman–Crippen MR) is 111 cm³/mol. The first kappa shape index (κ1) is 18.7. The van der Waals surface area contributed by atoms with E-state index in [-0.39, 0.29) is 5.91 Å². The summed E-state index contributed by atoms with van der Waals surface area (Å²) in [6.45, 7) is 0.950. The third kappa shape index (κ3) is 3.95. The maximum absolute atomic E-state index is 13.3. The third-order valence-electron chi connectivity index (χ3n) is 4.43. The molecule has 0 bridgehead atoms. The smallest absolute Gasteiger partial charge is 0.260 e. The number of hydrogen-bond acceptors (Lipinski definition) is 6. The molecule has 0 aliphatic rings. The van der Waals surface area contributed by atoms with Gasteiger partial charge in [0.05, 0.1) is 35.5 Å². The number of amides is 1. The minimum absolute atomic E-state index is 0.173. The molecule has 7 nitrogen and oxygen atoms in total. The third-order valence-corrected chi connectivity index (χ3v) is 5.47. The summed E-state index contributed by atoms with van der Waals surface area (Å²) >= 11 is 1.43. The van der Waals surface area contributed by atoms with Crippen LogP contribution in [0.2, 0.25) is 0 Å². The Morgan fingerprint density at radius 2 is 2.10 bits per heavy atom. The zero-order chi connectivity index (χ0) is 20.2. The van der Waals surface area contributed by atoms with Gasteiger partial charge in [0.15, 0.2) is 5.13 Å². The molecule has 2 heterocycles. The number of nitriles is 1. The lowest BCUT2D eigenvalue weighted by Crippen LogP contribution is -2.34. The van der Waals surface area contributed by atoms with Crippen molar-refractivity contribution in [3.63, 3.8) is 0 Å². The molecule has 29 heavy (non-hydrogen) atoms. The molecular formula is C21H17N5O2S. The fraction of sp³-hybridized carbons (Fsp3) is 0.143. The highest BCUT2D eigenvalue weighted by molar-refractivity contribution is 7.22. The van der Waals surface area contributed by atoms with Crippen LogP contribution in [-0.2, 0) is 6.54 Å². The van der Waals surface area contributed by atoms with Gasteiger partial charge in [-0.15, -0.1) is 0 Å². The van der Waals surface area contributed by atoms with E-state index in [0.29, 0.717) is 29.3 Å². The zero-order valence-electron chi connectivity index (χ0n) is 15.6. The Hall–Kier alpha value is -3.70. The standard InChI is InChI=1S/C21H17N5O2S/c1-28-17-7-8-18-19(13-17)29-21(24-18)26(12-11-25-10-2-9-23-25)20(27)16-5-3-15(14-22)4-6-16/h2-10,13H,11-12H2,1H3. The number of methoxy groups -OCH3 is 1. The van der Waals surface area contributed by atoms with Crippen LogP contribution in [0.4, 0.5) is 5.13 Å². The normalized spacial score (nSPS) is 10.6. The quantitative estimate of drug-likeness (QED) is 0.490. The minimum Gasteiger partial charge on any atom is -0.497 e. The fourth-order valence-electron chi connectivity index (χ4n) is 2.90. The molecule has 1 amide bonds. The number of anilines is 1. The van der Waals surface area contributed by atoms with Crippen molar-refractivity contribution in [1.29, 1.82) is 5.26 Å². The van der Waals surface area contributed by atoms with Crippen molar-refractivity contribution in [2.45, 2.75) is 6.54 Å². The van der Waals surface area contributed by atoms with E-state index in [2.05, 4.69) is 16.2 Å². The molecule has 144 valence electrons. The van der Waals surface area contributed by atoms with E-state index in [1.807, 2.05) is 30.5 Å². The van der Waals surface area contributed by atoms with Gasteiger partial charge in [-0.3, -0.25) is 14.4 Å². The van der Waals surface area contributed by atoms with Gasteiger partial charge in [-0.1, -0.05) is 11.3 Å². The number of carbonyl (C=O) groups is 1. The highest BCUT2D eigenvalue weighted by atomic mass is 32.1. The molecule has 0 atom stereocenters. The first-order valence-electron chi connectivity index (χ1n) is 8.92. The van der Waals surface area contributed by atoms with Crippen molar-refractivity contribution in [1.82, 2.24) is 14.8 Å². The highest BCUT2D eigenvalue weighted by Crippen LogP contribution is 2.32. The average molecular weight is 403 g/mol. The molecule has 0 radical (unpaired) electrons. The Labute approximate surface area is 171 Å². The van der Waals surface area contributed by atoms with Crippen LogP contribution in [0.1, 0.15) is 15.9 Å². The summed E-state index contributed by atoms with van der Waals surface area (Å²) in [5, 5.41) is 13.8. The number of benzene rings is 2. The maximum Gasteiger partial charge on any atom is 0.260 e. The second-order valence-electron chi connectivity index (χ2n) is 6.25. The molecule has 0 N–H and O–H groups in total. The van der Waals surface area contributed by atoms with Crippen molar-refractivity contribution < 1.29 is 9.53 Å². The van der Waals surface area contributed by atoms with Gasteiger partial charge in [-0.25, -0.2) is 4.98 Å². The number of carbonyl (C=O) groups excluding carboxylic acids is 1. The number of hydrogen-bond donors (Lipinski definition) is 0. The van der Waals surface area contributed by atoms with Crippen molar-refractivity contribution in [3.05, 3.63) is 72.1 Å². The van der Waals surface area contributed by atoms with Crippen molar-refractivity contribution in [2.24, 2.45) is 0 Å². The molecule has 0 unspecified atom stereocenters. The van der Waals surface area contributed by atoms with Crippen LogP contribution in [-0.4, -0.2) is 34.3 Å². The molecule has 2 aromatic heterocycles. The molecule has 2 aromatic carbocycles. The molecule has 4 rings (SSSR count). The lowest BCUT2D eigenvalue weighted by atomic mass is 10.1. The second kappa shape index (κ2) is 8.12. The van der Waals surface area contributed by atoms with Gasteiger partial charge in [0, 0.05) is 24.5 Å². The van der Waals surface area contributed by atoms with E-state index >= 15 is 0 Å². The number of ether oxygens (including phenoxy) is 1. The molecule has 0 fully saturated rings. The molecule has 4 aromatic rings. The molecule has 0 saturated carbocycles. The van der Waals surface area contributed by atoms with Crippen LogP contribution >= 0.6 is 11.3 Å². The van der Waals surface area contributed by atoms with Gasteiger partial charge in [-0.05, 0) is 48.5 Å². The van der Waals surface area contributed by atoms with Gasteiger partial charge >= 0.3 is 0 Å². The summed E-state index contributed by atoms with van der Waals surface area (Å²) in [4.78, 5) is 19.6. The average Bonchev–Trinajstić information content (AvgIpc) is 3.43. The summed E-state index contributed by atoms with van der Waals surface area (Å²) in [6, 6.07) is 16.2. The molecular weight excluding hydrogens is 386 g/mol. The van der Waals surface area contributed by atoms with Crippen LogP contribution in [0, 0.1) is 11.3 Å². The summed E-state index contributed by atoms with van der Waals surface area (Å²) < 4.78 is 8.00.